The molecule has 96 valence electrons. The van der Waals surface area contributed by atoms with Crippen molar-refractivity contribution in [3.8, 4) is 23.0 Å². The van der Waals surface area contributed by atoms with E-state index >= 15 is 0 Å². The van der Waals surface area contributed by atoms with Gasteiger partial charge in [0.1, 0.15) is 5.69 Å². The normalized spacial score (nSPS) is 10.9. The molecule has 0 aliphatic heterocycles. The van der Waals surface area contributed by atoms with E-state index in [1.54, 1.807) is 10.9 Å². The Hall–Kier alpha value is -2.50. The molecular weight excluding hydrogens is 242 g/mol. The minimum Gasteiger partial charge on any atom is -0.414 e. The maximum atomic E-state index is 5.69. The van der Waals surface area contributed by atoms with Crippen LogP contribution in [0, 0.1) is 13.8 Å². The van der Waals surface area contributed by atoms with Crippen molar-refractivity contribution < 1.29 is 4.42 Å². The number of aryl methyl sites for hydroxylation is 2. The minimum absolute atomic E-state index is 0.415. The molecule has 19 heavy (non-hydrogen) atoms. The molecule has 0 radical (unpaired) electrons. The van der Waals surface area contributed by atoms with Crippen LogP contribution in [0.5, 0.6) is 0 Å². The van der Waals surface area contributed by atoms with E-state index in [0.29, 0.717) is 17.5 Å². The molecular formula is C13H13N5O. The Morgan fingerprint density at radius 3 is 2.53 bits per heavy atom. The lowest BCUT2D eigenvalue weighted by atomic mass is 10.2. The van der Waals surface area contributed by atoms with Gasteiger partial charge in [-0.3, -0.25) is 9.67 Å². The Kier molecular flexibility index (Phi) is 2.63. The molecule has 3 rings (SSSR count). The molecule has 0 aromatic carbocycles. The maximum Gasteiger partial charge on any atom is 0.266 e. The highest BCUT2D eigenvalue weighted by molar-refractivity contribution is 5.60. The van der Waals surface area contributed by atoms with E-state index in [2.05, 4.69) is 20.3 Å². The summed E-state index contributed by atoms with van der Waals surface area (Å²) in [6, 6.07) is 5.56. The largest absolute Gasteiger partial charge is 0.414 e. The monoisotopic (exact) mass is 255 g/mol. The van der Waals surface area contributed by atoms with Crippen LogP contribution in [-0.4, -0.2) is 25.0 Å². The zero-order valence-corrected chi connectivity index (χ0v) is 11.0. The second-order valence-corrected chi connectivity index (χ2v) is 4.30. The molecule has 0 saturated heterocycles. The fourth-order valence-electron chi connectivity index (χ4n) is 2.00. The second kappa shape index (κ2) is 4.31. The van der Waals surface area contributed by atoms with Crippen molar-refractivity contribution in [2.75, 3.05) is 0 Å². The van der Waals surface area contributed by atoms with Crippen molar-refractivity contribution in [3.63, 3.8) is 0 Å². The predicted octanol–water partition coefficient (Wildman–Crippen LogP) is 2.15. The highest BCUT2D eigenvalue weighted by Crippen LogP contribution is 2.27. The molecule has 6 nitrogen and oxygen atoms in total. The van der Waals surface area contributed by atoms with Crippen molar-refractivity contribution in [1.82, 2.24) is 25.0 Å². The first kappa shape index (κ1) is 11.6. The van der Waals surface area contributed by atoms with Gasteiger partial charge in [-0.2, -0.15) is 5.10 Å². The molecule has 0 aliphatic carbocycles. The van der Waals surface area contributed by atoms with Crippen LogP contribution in [0.3, 0.4) is 0 Å². The number of nitrogens with zero attached hydrogens (tertiary/aromatic N) is 5. The van der Waals surface area contributed by atoms with Crippen LogP contribution in [-0.2, 0) is 7.05 Å². The number of rotatable bonds is 2. The van der Waals surface area contributed by atoms with Gasteiger partial charge in [0.25, 0.3) is 11.8 Å². The van der Waals surface area contributed by atoms with E-state index in [1.165, 1.54) is 0 Å². The summed E-state index contributed by atoms with van der Waals surface area (Å²) >= 11 is 0. The van der Waals surface area contributed by atoms with E-state index < -0.39 is 0 Å². The molecule has 0 bridgehead atoms. The van der Waals surface area contributed by atoms with Crippen LogP contribution in [0.4, 0.5) is 0 Å². The summed E-state index contributed by atoms with van der Waals surface area (Å²) in [5, 5.41) is 12.5. The van der Waals surface area contributed by atoms with Crippen LogP contribution < -0.4 is 0 Å². The first-order valence-corrected chi connectivity index (χ1v) is 5.92. The Labute approximate surface area is 110 Å². The molecule has 0 spiro atoms. The molecule has 0 fully saturated rings. The Balaban J connectivity index is 2.07. The molecule has 0 atom stereocenters. The molecule has 3 aromatic rings. The van der Waals surface area contributed by atoms with Crippen LogP contribution in [0.25, 0.3) is 23.0 Å². The van der Waals surface area contributed by atoms with Gasteiger partial charge in [0.2, 0.25) is 0 Å². The van der Waals surface area contributed by atoms with Crippen molar-refractivity contribution in [2.45, 2.75) is 13.8 Å². The van der Waals surface area contributed by atoms with Gasteiger partial charge >= 0.3 is 0 Å². The Morgan fingerprint density at radius 2 is 1.89 bits per heavy atom. The number of hydrogen-bond donors (Lipinski definition) is 0. The lowest BCUT2D eigenvalue weighted by Crippen LogP contribution is -1.92. The SMILES string of the molecule is Cc1nn(C)c(C)c1-c1nnc(-c2ccccn2)o1. The lowest BCUT2D eigenvalue weighted by Gasteiger charge is -1.95. The van der Waals surface area contributed by atoms with Crippen molar-refractivity contribution in [2.24, 2.45) is 7.05 Å². The van der Waals surface area contributed by atoms with Crippen LogP contribution in [0.1, 0.15) is 11.4 Å². The number of hydrogen-bond acceptors (Lipinski definition) is 5. The molecule has 3 heterocycles. The fraction of sp³-hybridized carbons (Fsp3) is 0.231. The lowest BCUT2D eigenvalue weighted by molar-refractivity contribution is 0.581. The van der Waals surface area contributed by atoms with Crippen LogP contribution in [0.15, 0.2) is 28.8 Å². The summed E-state index contributed by atoms with van der Waals surface area (Å²) in [5.74, 6) is 0.891. The third-order valence-electron chi connectivity index (χ3n) is 3.03. The van der Waals surface area contributed by atoms with Crippen LogP contribution >= 0.6 is 0 Å². The molecule has 0 unspecified atom stereocenters. The van der Waals surface area contributed by atoms with Gasteiger partial charge in [0.15, 0.2) is 0 Å². The zero-order chi connectivity index (χ0) is 13.4. The highest BCUT2D eigenvalue weighted by atomic mass is 16.4. The molecule has 3 aromatic heterocycles. The van der Waals surface area contributed by atoms with Crippen molar-refractivity contribution in [3.05, 3.63) is 35.8 Å². The summed E-state index contributed by atoms with van der Waals surface area (Å²) in [7, 11) is 1.89. The fourth-order valence-corrected chi connectivity index (χ4v) is 2.00. The van der Waals surface area contributed by atoms with E-state index in [9.17, 15) is 0 Å². The van der Waals surface area contributed by atoms with Gasteiger partial charge in [-0.15, -0.1) is 10.2 Å². The first-order valence-electron chi connectivity index (χ1n) is 5.92. The summed E-state index contributed by atoms with van der Waals surface area (Å²) in [4.78, 5) is 4.19. The summed E-state index contributed by atoms with van der Waals surface area (Å²) in [6.45, 7) is 3.90. The average molecular weight is 255 g/mol. The Morgan fingerprint density at radius 1 is 1.11 bits per heavy atom. The van der Waals surface area contributed by atoms with Gasteiger partial charge in [-0.25, -0.2) is 0 Å². The molecule has 0 aliphatic rings. The number of pyridine rings is 1. The van der Waals surface area contributed by atoms with E-state index in [-0.39, 0.29) is 0 Å². The average Bonchev–Trinajstić information content (AvgIpc) is 2.97. The third-order valence-corrected chi connectivity index (χ3v) is 3.03. The van der Waals surface area contributed by atoms with Gasteiger partial charge in [0, 0.05) is 18.9 Å². The van der Waals surface area contributed by atoms with E-state index in [4.69, 9.17) is 4.42 Å². The first-order chi connectivity index (χ1) is 9.16. The minimum atomic E-state index is 0.415. The second-order valence-electron chi connectivity index (χ2n) is 4.30. The zero-order valence-electron chi connectivity index (χ0n) is 11.0. The van der Waals surface area contributed by atoms with Gasteiger partial charge in [-0.1, -0.05) is 6.07 Å². The number of aromatic nitrogens is 5. The standard InChI is InChI=1S/C13H13N5O/c1-8-11(9(2)18(3)17-8)13-16-15-12(19-13)10-6-4-5-7-14-10/h4-7H,1-3H3. The Bertz CT molecular complexity index is 714. The van der Waals surface area contributed by atoms with E-state index in [0.717, 1.165) is 17.0 Å². The summed E-state index contributed by atoms with van der Waals surface area (Å²) in [5.41, 5.74) is 3.42. The van der Waals surface area contributed by atoms with E-state index in [1.807, 2.05) is 39.1 Å². The van der Waals surface area contributed by atoms with Gasteiger partial charge in [-0.05, 0) is 26.0 Å². The molecule has 0 saturated carbocycles. The summed E-state index contributed by atoms with van der Waals surface area (Å²) < 4.78 is 7.49. The molecule has 6 heteroatoms. The van der Waals surface area contributed by atoms with Gasteiger partial charge < -0.3 is 4.42 Å². The van der Waals surface area contributed by atoms with Crippen molar-refractivity contribution in [1.29, 1.82) is 0 Å². The van der Waals surface area contributed by atoms with Crippen molar-refractivity contribution >= 4 is 0 Å². The van der Waals surface area contributed by atoms with Gasteiger partial charge in [0.05, 0.1) is 11.3 Å². The predicted molar refractivity (Wildman–Crippen MR) is 69.2 cm³/mol. The quantitative estimate of drug-likeness (QED) is 0.701. The third kappa shape index (κ3) is 1.91. The molecule has 0 N–H and O–H groups in total. The topological polar surface area (TPSA) is 69.6 Å². The summed E-state index contributed by atoms with van der Waals surface area (Å²) in [6.07, 6.45) is 1.69. The highest BCUT2D eigenvalue weighted by Gasteiger charge is 2.18. The maximum absolute atomic E-state index is 5.69. The van der Waals surface area contributed by atoms with Crippen LogP contribution in [0.2, 0.25) is 0 Å². The smallest absolute Gasteiger partial charge is 0.266 e. The molecule has 0 amide bonds.